The van der Waals surface area contributed by atoms with Gasteiger partial charge in [-0.15, -0.1) is 6.58 Å². The summed E-state index contributed by atoms with van der Waals surface area (Å²) in [7, 11) is 2.11. The number of rotatable bonds is 10. The van der Waals surface area contributed by atoms with Crippen molar-refractivity contribution >= 4 is 5.84 Å². The third-order valence-electron chi connectivity index (χ3n) is 7.34. The normalized spacial score (nSPS) is 21.1. The number of fused-ring (bicyclic) bond motifs is 1. The topological polar surface area (TPSA) is 55.8 Å². The largest absolute Gasteiger partial charge is 0.375 e. The summed E-state index contributed by atoms with van der Waals surface area (Å²) in [4.78, 5) is 8.50. The summed E-state index contributed by atoms with van der Waals surface area (Å²) in [6.45, 7) is 20.5. The zero-order valence-corrected chi connectivity index (χ0v) is 22.9. The third kappa shape index (κ3) is 6.55. The van der Waals surface area contributed by atoms with Crippen LogP contribution >= 0.6 is 0 Å². The monoisotopic (exact) mass is 526 g/mol. The lowest BCUT2D eigenvalue weighted by Crippen LogP contribution is -2.35. The van der Waals surface area contributed by atoms with E-state index in [4.69, 9.17) is 0 Å². The van der Waals surface area contributed by atoms with Crippen LogP contribution in [0.25, 0.3) is 0 Å². The van der Waals surface area contributed by atoms with Crippen molar-refractivity contribution in [1.82, 2.24) is 25.5 Å². The number of hydrogen-bond acceptors (Lipinski definition) is 6. The van der Waals surface area contributed by atoms with E-state index in [1.54, 1.807) is 12.2 Å². The van der Waals surface area contributed by atoms with Gasteiger partial charge in [-0.2, -0.15) is 9.49 Å². The summed E-state index contributed by atoms with van der Waals surface area (Å²) in [6, 6.07) is 3.78. The number of hydrazone groups is 1. The Morgan fingerprint density at radius 3 is 2.67 bits per heavy atom. The Bertz CT molecular complexity index is 1270. The molecule has 0 aromatic carbocycles. The number of likely N-dealkylation sites (tertiary alicyclic amines) is 1. The number of nitrogens with zero attached hydrogens (tertiary/aromatic N) is 4. The van der Waals surface area contributed by atoms with E-state index < -0.39 is 0 Å². The van der Waals surface area contributed by atoms with Crippen LogP contribution < -0.4 is 10.7 Å². The van der Waals surface area contributed by atoms with Crippen molar-refractivity contribution in [2.75, 3.05) is 13.6 Å². The molecule has 4 aliphatic rings. The summed E-state index contributed by atoms with van der Waals surface area (Å²) < 4.78 is 14.5. The van der Waals surface area contributed by atoms with Gasteiger partial charge in [0.15, 0.2) is 5.84 Å². The van der Waals surface area contributed by atoms with Gasteiger partial charge in [0.2, 0.25) is 5.95 Å². The molecule has 0 bridgehead atoms. The van der Waals surface area contributed by atoms with Crippen LogP contribution in [-0.4, -0.2) is 40.3 Å². The first-order valence-corrected chi connectivity index (χ1v) is 13.4. The summed E-state index contributed by atoms with van der Waals surface area (Å²) in [6.07, 6.45) is 18.4. The molecule has 204 valence electrons. The molecule has 0 radical (unpaired) electrons. The lowest BCUT2D eigenvalue weighted by Gasteiger charge is -2.28. The Morgan fingerprint density at radius 1 is 1.26 bits per heavy atom. The molecular formula is C32H39FN6. The van der Waals surface area contributed by atoms with Gasteiger partial charge in [0.05, 0.1) is 11.7 Å². The second kappa shape index (κ2) is 12.7. The number of hydrogen-bond donors (Lipinski definition) is 2. The minimum atomic E-state index is -0.359. The fourth-order valence-electron chi connectivity index (χ4n) is 5.07. The molecule has 1 aromatic heterocycles. The highest BCUT2D eigenvalue weighted by Gasteiger charge is 2.30. The first-order valence-electron chi connectivity index (χ1n) is 13.4. The van der Waals surface area contributed by atoms with Gasteiger partial charge in [0.1, 0.15) is 5.82 Å². The maximum absolute atomic E-state index is 14.5. The lowest BCUT2D eigenvalue weighted by molar-refractivity contribution is 0.330. The van der Waals surface area contributed by atoms with Crippen LogP contribution in [0, 0.1) is 5.95 Å². The predicted molar refractivity (Wildman–Crippen MR) is 159 cm³/mol. The Morgan fingerprint density at radius 2 is 2.05 bits per heavy atom. The van der Waals surface area contributed by atoms with Crippen LogP contribution in [0.4, 0.5) is 4.39 Å². The van der Waals surface area contributed by atoms with Crippen molar-refractivity contribution in [2.24, 2.45) is 5.10 Å². The van der Waals surface area contributed by atoms with Gasteiger partial charge in [-0.1, -0.05) is 62.8 Å². The molecule has 0 amide bonds. The molecule has 2 atom stereocenters. The highest BCUT2D eigenvalue weighted by Crippen LogP contribution is 2.41. The van der Waals surface area contributed by atoms with Crippen molar-refractivity contribution < 1.29 is 4.39 Å². The number of likely N-dealkylation sites (N-methyl/N-ethyl adjacent to an activating group) is 1. The molecule has 4 heterocycles. The molecule has 1 aromatic rings. The molecule has 1 saturated carbocycles. The fraction of sp³-hybridized carbons (Fsp3) is 0.312. The summed E-state index contributed by atoms with van der Waals surface area (Å²) in [5.41, 5.74) is 7.20. The SMILES string of the molecule is C=C/C=C(\C=C)[C@H](NC(=C)C1CCCN1C)c1ccc(C2CC2)c(F)n1.C=CCC1=CC=CN2C(=C)NN=C12. The maximum Gasteiger partial charge on any atom is 0.216 e. The molecule has 1 aliphatic carbocycles. The summed E-state index contributed by atoms with van der Waals surface area (Å²) in [5.74, 6) is 1.70. The molecule has 2 N–H and O–H groups in total. The average Bonchev–Trinajstić information content (AvgIpc) is 3.57. The number of aromatic nitrogens is 1. The second-order valence-corrected chi connectivity index (χ2v) is 10.1. The van der Waals surface area contributed by atoms with Gasteiger partial charge in [-0.05, 0) is 69.3 Å². The molecule has 5 rings (SSSR count). The van der Waals surface area contributed by atoms with E-state index in [0.717, 1.165) is 72.7 Å². The van der Waals surface area contributed by atoms with Crippen molar-refractivity contribution in [2.45, 2.75) is 50.1 Å². The minimum Gasteiger partial charge on any atom is -0.375 e. The van der Waals surface area contributed by atoms with E-state index in [1.165, 1.54) is 0 Å². The zero-order chi connectivity index (χ0) is 27.9. The number of amidine groups is 1. The quantitative estimate of drug-likeness (QED) is 0.212. The maximum atomic E-state index is 14.5. The molecule has 1 unspecified atom stereocenters. The average molecular weight is 527 g/mol. The van der Waals surface area contributed by atoms with Crippen molar-refractivity contribution in [1.29, 1.82) is 0 Å². The molecule has 39 heavy (non-hydrogen) atoms. The molecular weight excluding hydrogens is 487 g/mol. The third-order valence-corrected chi connectivity index (χ3v) is 7.34. The van der Waals surface area contributed by atoms with Gasteiger partial charge in [-0.3, -0.25) is 15.2 Å². The van der Waals surface area contributed by atoms with E-state index >= 15 is 0 Å². The Labute approximate surface area is 232 Å². The predicted octanol–water partition coefficient (Wildman–Crippen LogP) is 6.34. The Balaban J connectivity index is 0.000000226. The van der Waals surface area contributed by atoms with Gasteiger partial charge in [0.25, 0.3) is 0 Å². The molecule has 1 saturated heterocycles. The number of nitrogens with one attached hydrogen (secondary N) is 2. The zero-order valence-electron chi connectivity index (χ0n) is 22.9. The molecule has 0 spiro atoms. The van der Waals surface area contributed by atoms with Gasteiger partial charge in [-0.25, -0.2) is 4.98 Å². The van der Waals surface area contributed by atoms with Gasteiger partial charge >= 0.3 is 0 Å². The van der Waals surface area contributed by atoms with Gasteiger partial charge < -0.3 is 5.32 Å². The van der Waals surface area contributed by atoms with Crippen LogP contribution in [0.15, 0.2) is 115 Å². The summed E-state index contributed by atoms with van der Waals surface area (Å²) in [5, 5.41) is 7.64. The standard InChI is InChI=1S/C22H28FN3.C10H11N3/c1-5-8-16(6-2)21(24-15(3)20-9-7-14-26(20)4)19-13-12-18(17-10-11-17)22(23)25-19;1-3-5-9-6-4-7-13-8(2)11-12-10(9)13/h5-6,8,12-13,17,20-21,24H,1-3,7,9-11,14H2,4H3;3-4,6-7,11H,1-2,5H2/b16-8+;/t20?,21-;/m0./s1. The molecule has 3 aliphatic heterocycles. The van der Waals surface area contributed by atoms with Crippen LogP contribution in [0.1, 0.15) is 55.3 Å². The fourth-order valence-corrected chi connectivity index (χ4v) is 5.07. The Kier molecular flexibility index (Phi) is 9.15. The van der Waals surface area contributed by atoms with Crippen molar-refractivity contribution in [3.63, 3.8) is 0 Å². The van der Waals surface area contributed by atoms with Crippen LogP contribution in [-0.2, 0) is 0 Å². The highest BCUT2D eigenvalue weighted by molar-refractivity contribution is 6.02. The van der Waals surface area contributed by atoms with E-state index in [1.807, 2.05) is 47.5 Å². The van der Waals surface area contributed by atoms with E-state index in [-0.39, 0.29) is 18.0 Å². The van der Waals surface area contributed by atoms with Crippen LogP contribution in [0.3, 0.4) is 0 Å². The Hall–Kier alpha value is -3.97. The molecule has 2 fully saturated rings. The molecule has 7 heteroatoms. The smallest absolute Gasteiger partial charge is 0.216 e. The number of allylic oxidation sites excluding steroid dienone is 5. The van der Waals surface area contributed by atoms with Crippen LogP contribution in [0.5, 0.6) is 0 Å². The number of pyridine rings is 1. The second-order valence-electron chi connectivity index (χ2n) is 10.1. The van der Waals surface area contributed by atoms with E-state index in [9.17, 15) is 4.39 Å². The van der Waals surface area contributed by atoms with Crippen LogP contribution in [0.2, 0.25) is 0 Å². The molecule has 6 nitrogen and oxygen atoms in total. The summed E-state index contributed by atoms with van der Waals surface area (Å²) >= 11 is 0. The van der Waals surface area contributed by atoms with Gasteiger partial charge in [0, 0.05) is 29.1 Å². The first kappa shape index (κ1) is 28.0. The number of halogens is 1. The van der Waals surface area contributed by atoms with E-state index in [2.05, 4.69) is 65.7 Å². The highest BCUT2D eigenvalue weighted by atomic mass is 19.1. The van der Waals surface area contributed by atoms with Crippen molar-refractivity contribution in [3.8, 4) is 0 Å². The lowest BCUT2D eigenvalue weighted by atomic mass is 10.00. The first-order chi connectivity index (χ1) is 18.9. The van der Waals surface area contributed by atoms with Crippen molar-refractivity contribution in [3.05, 3.63) is 128 Å². The van der Waals surface area contributed by atoms with E-state index in [0.29, 0.717) is 11.6 Å². The minimum absolute atomic E-state index is 0.280.